The molecule has 0 radical (unpaired) electrons. The average Bonchev–Trinajstić information content (AvgIpc) is 3.32. The number of carboxylic acids is 1. The lowest BCUT2D eigenvalue weighted by Crippen LogP contribution is -2.59. The number of aliphatic imine (C=N–C) groups is 1. The summed E-state index contributed by atoms with van der Waals surface area (Å²) in [5.74, 6) is -0.746. The first-order chi connectivity index (χ1) is 22.1. The van der Waals surface area contributed by atoms with Gasteiger partial charge in [0, 0.05) is 67.3 Å². The molecule has 0 saturated carbocycles. The largest absolute Gasteiger partial charge is 0.477 e. The standard InChI is InChI=1S/C35H35N5O5S/c1-34(2)10-14-36-28-26(19-34)40(15-9-23-18-27(33(43)44)46-29(23)28)32(42)22-5-7-24(8-6-22)38-31(41)25-4-3-13-37-30(25)39-20-35(21-39)11-16-45-17-12-35/h3-8,10,13-14,18-19H,9,11-12,15-17,20-21H2,1-2H3,(H,38,41)(H,43,44). The van der Waals surface area contributed by atoms with E-state index < -0.39 is 5.97 Å². The van der Waals surface area contributed by atoms with E-state index in [2.05, 4.69) is 15.2 Å². The summed E-state index contributed by atoms with van der Waals surface area (Å²) in [6, 6.07) is 12.1. The number of nitrogens with one attached hydrogen (secondary N) is 1. The Morgan fingerprint density at radius 3 is 2.57 bits per heavy atom. The summed E-state index contributed by atoms with van der Waals surface area (Å²) in [6.45, 7) is 7.74. The Morgan fingerprint density at radius 1 is 1.07 bits per heavy atom. The number of amides is 2. The van der Waals surface area contributed by atoms with Crippen LogP contribution in [0.5, 0.6) is 0 Å². The number of carboxylic acid groups (broad SMARTS) is 1. The van der Waals surface area contributed by atoms with Gasteiger partial charge in [-0.2, -0.15) is 0 Å². The number of thiophene rings is 1. The predicted octanol–water partition coefficient (Wildman–Crippen LogP) is 5.64. The van der Waals surface area contributed by atoms with Gasteiger partial charge in [-0.3, -0.25) is 14.6 Å². The molecule has 0 atom stereocenters. The molecular weight excluding hydrogens is 602 g/mol. The number of ether oxygens (including phenoxy) is 1. The molecule has 1 aromatic carbocycles. The summed E-state index contributed by atoms with van der Waals surface area (Å²) in [6.07, 6.45) is 9.98. The first kappa shape index (κ1) is 30.1. The van der Waals surface area contributed by atoms with Gasteiger partial charge in [-0.25, -0.2) is 9.78 Å². The van der Waals surface area contributed by atoms with Crippen LogP contribution in [0.2, 0.25) is 0 Å². The topological polar surface area (TPSA) is 124 Å². The van der Waals surface area contributed by atoms with Crippen LogP contribution in [0.25, 0.3) is 0 Å². The minimum absolute atomic E-state index is 0.197. The molecule has 10 nitrogen and oxygen atoms in total. The zero-order valence-corrected chi connectivity index (χ0v) is 26.6. The Labute approximate surface area is 271 Å². The smallest absolute Gasteiger partial charge is 0.345 e. The Bertz CT molecular complexity index is 1810. The van der Waals surface area contributed by atoms with E-state index in [4.69, 9.17) is 9.73 Å². The van der Waals surface area contributed by atoms with Crippen LogP contribution in [0.15, 0.2) is 77.7 Å². The van der Waals surface area contributed by atoms with Crippen molar-refractivity contribution in [2.45, 2.75) is 33.1 Å². The maximum atomic E-state index is 14.0. The highest BCUT2D eigenvalue weighted by Crippen LogP contribution is 2.42. The maximum absolute atomic E-state index is 14.0. The van der Waals surface area contributed by atoms with Gasteiger partial charge in [0.2, 0.25) is 0 Å². The fraction of sp³-hybridized carbons (Fsp3) is 0.343. The van der Waals surface area contributed by atoms with Crippen molar-refractivity contribution in [3.8, 4) is 0 Å². The molecule has 11 heteroatoms. The van der Waals surface area contributed by atoms with Gasteiger partial charge >= 0.3 is 5.97 Å². The fourth-order valence-corrected chi connectivity index (χ4v) is 7.67. The van der Waals surface area contributed by atoms with Gasteiger partial charge in [-0.1, -0.05) is 19.9 Å². The number of benzene rings is 1. The second kappa shape index (κ2) is 11.6. The predicted molar refractivity (Wildman–Crippen MR) is 177 cm³/mol. The number of fused-ring (bicyclic) bond motifs is 3. The van der Waals surface area contributed by atoms with Crippen molar-refractivity contribution in [1.29, 1.82) is 0 Å². The van der Waals surface area contributed by atoms with Crippen LogP contribution in [0.1, 0.15) is 67.5 Å². The van der Waals surface area contributed by atoms with Crippen LogP contribution < -0.4 is 10.2 Å². The Kier molecular flexibility index (Phi) is 7.60. The molecule has 7 rings (SSSR count). The van der Waals surface area contributed by atoms with E-state index >= 15 is 0 Å². The molecule has 1 spiro atoms. The first-order valence-electron chi connectivity index (χ1n) is 15.5. The average molecular weight is 638 g/mol. The summed E-state index contributed by atoms with van der Waals surface area (Å²) in [4.78, 5) is 53.4. The van der Waals surface area contributed by atoms with E-state index in [9.17, 15) is 19.5 Å². The summed E-state index contributed by atoms with van der Waals surface area (Å²) in [7, 11) is 0. The Hall–Kier alpha value is -4.61. The number of anilines is 2. The molecule has 4 aliphatic heterocycles. The van der Waals surface area contributed by atoms with Gasteiger partial charge in [0.1, 0.15) is 16.4 Å². The van der Waals surface area contributed by atoms with Crippen molar-refractivity contribution in [2.24, 2.45) is 15.8 Å². The summed E-state index contributed by atoms with van der Waals surface area (Å²) < 4.78 is 5.54. The zero-order valence-electron chi connectivity index (χ0n) is 25.8. The molecule has 6 heterocycles. The lowest BCUT2D eigenvalue weighted by Gasteiger charge is -2.53. The van der Waals surface area contributed by atoms with Crippen molar-refractivity contribution in [3.05, 3.63) is 99.2 Å². The number of allylic oxidation sites excluding steroid dienone is 3. The molecule has 0 aliphatic carbocycles. The van der Waals surface area contributed by atoms with E-state index in [0.717, 1.165) is 49.6 Å². The zero-order chi connectivity index (χ0) is 32.1. The van der Waals surface area contributed by atoms with Gasteiger partial charge < -0.3 is 25.0 Å². The number of nitrogens with zero attached hydrogens (tertiary/aromatic N) is 4. The highest BCUT2D eigenvalue weighted by Gasteiger charge is 2.45. The van der Waals surface area contributed by atoms with E-state index in [1.54, 1.807) is 59.8 Å². The highest BCUT2D eigenvalue weighted by atomic mass is 32.1. The van der Waals surface area contributed by atoms with Crippen LogP contribution in [0.4, 0.5) is 11.5 Å². The van der Waals surface area contributed by atoms with Crippen LogP contribution >= 0.6 is 11.3 Å². The summed E-state index contributed by atoms with van der Waals surface area (Å²) in [5.41, 5.74) is 3.54. The molecular formula is C35H35N5O5S. The van der Waals surface area contributed by atoms with Crippen LogP contribution in [-0.4, -0.2) is 71.3 Å². The van der Waals surface area contributed by atoms with Gasteiger partial charge in [-0.05, 0) is 73.4 Å². The lowest BCUT2D eigenvalue weighted by molar-refractivity contribution is -0.000511. The molecule has 2 aromatic heterocycles. The molecule has 2 fully saturated rings. The number of pyridine rings is 1. The quantitative estimate of drug-likeness (QED) is 0.371. The van der Waals surface area contributed by atoms with Gasteiger partial charge in [0.25, 0.3) is 11.8 Å². The van der Waals surface area contributed by atoms with Crippen LogP contribution in [-0.2, 0) is 11.2 Å². The number of carbonyl (C=O) groups is 3. The SMILES string of the molecule is CC1(C)C=CN=C2C(=C1)N(C(=O)c1ccc(NC(=O)c3cccnc3N3CC4(CCOCC4)C3)cc1)CCc1cc(C(=O)O)sc12. The molecule has 0 unspecified atom stereocenters. The number of hydrogen-bond acceptors (Lipinski definition) is 8. The third-order valence-corrected chi connectivity index (χ3v) is 10.3. The molecule has 46 heavy (non-hydrogen) atoms. The van der Waals surface area contributed by atoms with Crippen molar-refractivity contribution < 1.29 is 24.2 Å². The van der Waals surface area contributed by atoms with Crippen molar-refractivity contribution in [2.75, 3.05) is 43.1 Å². The van der Waals surface area contributed by atoms with Crippen molar-refractivity contribution >= 4 is 46.3 Å². The number of hydrogen-bond donors (Lipinski definition) is 2. The molecule has 2 amide bonds. The van der Waals surface area contributed by atoms with E-state index in [1.807, 2.05) is 26.0 Å². The van der Waals surface area contributed by atoms with E-state index in [1.165, 1.54) is 11.3 Å². The third-order valence-electron chi connectivity index (χ3n) is 9.16. The van der Waals surface area contributed by atoms with Gasteiger partial charge in [0.15, 0.2) is 0 Å². The summed E-state index contributed by atoms with van der Waals surface area (Å²) in [5, 5.41) is 12.6. The molecule has 0 bridgehead atoms. The first-order valence-corrected chi connectivity index (χ1v) is 16.3. The van der Waals surface area contributed by atoms with E-state index in [0.29, 0.717) is 47.0 Å². The van der Waals surface area contributed by atoms with Gasteiger partial charge in [-0.15, -0.1) is 11.3 Å². The monoisotopic (exact) mass is 637 g/mol. The number of rotatable bonds is 5. The number of aromatic nitrogens is 1. The minimum atomic E-state index is -0.975. The Balaban J connectivity index is 1.09. The molecule has 3 aromatic rings. The summed E-state index contributed by atoms with van der Waals surface area (Å²) >= 11 is 1.18. The number of aromatic carboxylic acids is 1. The second-order valence-corrected chi connectivity index (χ2v) is 14.0. The van der Waals surface area contributed by atoms with Crippen LogP contribution in [0, 0.1) is 10.8 Å². The second-order valence-electron chi connectivity index (χ2n) is 13.0. The molecule has 236 valence electrons. The molecule has 4 aliphatic rings. The van der Waals surface area contributed by atoms with Gasteiger partial charge in [0.05, 0.1) is 16.1 Å². The van der Waals surface area contributed by atoms with Crippen molar-refractivity contribution in [3.63, 3.8) is 0 Å². The molecule has 2 saturated heterocycles. The molecule has 2 N–H and O–H groups in total. The number of carbonyl (C=O) groups excluding carboxylic acids is 2. The maximum Gasteiger partial charge on any atom is 0.345 e. The van der Waals surface area contributed by atoms with Crippen molar-refractivity contribution in [1.82, 2.24) is 9.88 Å². The fourth-order valence-electron chi connectivity index (χ4n) is 6.61. The highest BCUT2D eigenvalue weighted by molar-refractivity contribution is 7.16. The third kappa shape index (κ3) is 5.65. The minimum Gasteiger partial charge on any atom is -0.477 e. The van der Waals surface area contributed by atoms with Crippen LogP contribution in [0.3, 0.4) is 0 Å². The lowest BCUT2D eigenvalue weighted by atomic mass is 9.73. The van der Waals surface area contributed by atoms with E-state index in [-0.39, 0.29) is 27.5 Å². The Morgan fingerprint density at radius 2 is 1.83 bits per heavy atom. The normalized spacial score (nSPS) is 19.5.